The van der Waals surface area contributed by atoms with E-state index in [9.17, 15) is 9.59 Å². The van der Waals surface area contributed by atoms with Gasteiger partial charge in [0.15, 0.2) is 0 Å². The Morgan fingerprint density at radius 1 is 1.44 bits per heavy atom. The van der Waals surface area contributed by atoms with Crippen LogP contribution >= 0.6 is 0 Å². The summed E-state index contributed by atoms with van der Waals surface area (Å²) < 4.78 is 6.95. The molecule has 0 atom stereocenters. The van der Waals surface area contributed by atoms with Gasteiger partial charge in [-0.2, -0.15) is 0 Å². The van der Waals surface area contributed by atoms with Crippen LogP contribution in [0.1, 0.15) is 10.4 Å². The number of carbonyl (C=O) groups excluding carboxylic acids is 1. The standard InChI is InChI=1S/C12H13BN2O3/c1-14-12(17)8-6-15(13)10-7(11(8)16)4-3-5-9(10)18-2/h3-6H,13H2,1-2H3,(H,14,17). The van der Waals surface area contributed by atoms with E-state index < -0.39 is 0 Å². The van der Waals surface area contributed by atoms with Crippen LogP contribution in [-0.2, 0) is 0 Å². The predicted molar refractivity (Wildman–Crippen MR) is 72.1 cm³/mol. The molecule has 0 bridgehead atoms. The first-order valence-electron chi connectivity index (χ1n) is 5.48. The topological polar surface area (TPSA) is 60.3 Å². The minimum atomic E-state index is -0.389. The lowest BCUT2D eigenvalue weighted by Crippen LogP contribution is -2.27. The lowest BCUT2D eigenvalue weighted by Gasteiger charge is -2.11. The average Bonchev–Trinajstić information content (AvgIpc) is 2.41. The Kier molecular flexibility index (Phi) is 3.10. The fraction of sp³-hybridized carbons (Fsp3) is 0.167. The zero-order chi connectivity index (χ0) is 13.3. The highest BCUT2D eigenvalue weighted by atomic mass is 16.5. The maximum atomic E-state index is 12.2. The molecule has 0 radical (unpaired) electrons. The highest BCUT2D eigenvalue weighted by molar-refractivity contribution is 6.13. The summed E-state index contributed by atoms with van der Waals surface area (Å²) in [5.41, 5.74) is 0.514. The number of nitrogens with zero attached hydrogens (tertiary/aromatic N) is 1. The van der Waals surface area contributed by atoms with E-state index in [4.69, 9.17) is 4.74 Å². The maximum absolute atomic E-state index is 12.2. The van der Waals surface area contributed by atoms with E-state index in [2.05, 4.69) is 5.32 Å². The molecule has 18 heavy (non-hydrogen) atoms. The van der Waals surface area contributed by atoms with E-state index in [1.165, 1.54) is 13.2 Å². The van der Waals surface area contributed by atoms with Gasteiger partial charge in [0, 0.05) is 18.6 Å². The number of benzene rings is 1. The van der Waals surface area contributed by atoms with Crippen LogP contribution in [0.5, 0.6) is 5.75 Å². The number of methoxy groups -OCH3 is 1. The summed E-state index contributed by atoms with van der Waals surface area (Å²) in [5.74, 6) is 0.218. The van der Waals surface area contributed by atoms with E-state index >= 15 is 0 Å². The van der Waals surface area contributed by atoms with Gasteiger partial charge in [0.25, 0.3) is 5.91 Å². The van der Waals surface area contributed by atoms with Gasteiger partial charge < -0.3 is 14.5 Å². The van der Waals surface area contributed by atoms with Crippen molar-refractivity contribution in [3.05, 3.63) is 40.2 Å². The molecule has 0 aliphatic carbocycles. The van der Waals surface area contributed by atoms with Crippen LogP contribution in [-0.4, -0.2) is 32.5 Å². The Labute approximate surface area is 105 Å². The Balaban J connectivity index is 2.89. The molecule has 2 aromatic rings. The molecule has 6 heteroatoms. The molecule has 92 valence electrons. The SMILES string of the molecule is Bn1cc(C(=O)NC)c(=O)c2cccc(OC)c21. The molecule has 5 nitrogen and oxygen atoms in total. The normalized spacial score (nSPS) is 10.3. The van der Waals surface area contributed by atoms with Crippen molar-refractivity contribution in [2.24, 2.45) is 0 Å². The van der Waals surface area contributed by atoms with Gasteiger partial charge in [-0.3, -0.25) is 9.59 Å². The van der Waals surface area contributed by atoms with Gasteiger partial charge in [-0.1, -0.05) is 6.07 Å². The monoisotopic (exact) mass is 244 g/mol. The number of hydrogen-bond donors (Lipinski definition) is 1. The van der Waals surface area contributed by atoms with Gasteiger partial charge in [0.2, 0.25) is 13.4 Å². The second-order valence-corrected chi connectivity index (χ2v) is 3.92. The molecule has 2 rings (SSSR count). The number of amides is 1. The number of hydrogen-bond acceptors (Lipinski definition) is 3. The van der Waals surface area contributed by atoms with Crippen LogP contribution in [0.4, 0.5) is 0 Å². The highest BCUT2D eigenvalue weighted by Crippen LogP contribution is 2.22. The van der Waals surface area contributed by atoms with E-state index in [1.54, 1.807) is 37.8 Å². The Bertz CT molecular complexity index is 679. The smallest absolute Gasteiger partial charge is 0.256 e. The van der Waals surface area contributed by atoms with Gasteiger partial charge in [-0.05, 0) is 12.1 Å². The third-order valence-corrected chi connectivity index (χ3v) is 2.86. The molecule has 1 aromatic carbocycles. The third-order valence-electron chi connectivity index (χ3n) is 2.86. The fourth-order valence-electron chi connectivity index (χ4n) is 1.99. The summed E-state index contributed by atoms with van der Waals surface area (Å²) in [7, 11) is 4.82. The molecular formula is C12H13BN2O3. The van der Waals surface area contributed by atoms with E-state index in [0.29, 0.717) is 16.7 Å². The molecule has 0 unspecified atom stereocenters. The van der Waals surface area contributed by atoms with E-state index in [-0.39, 0.29) is 16.9 Å². The van der Waals surface area contributed by atoms with Crippen LogP contribution in [0.3, 0.4) is 0 Å². The van der Waals surface area contributed by atoms with Gasteiger partial charge in [0.05, 0.1) is 12.6 Å². The first-order chi connectivity index (χ1) is 8.60. The summed E-state index contributed by atoms with van der Waals surface area (Å²) in [6.45, 7) is 0. The molecule has 1 aromatic heterocycles. The molecule has 1 N–H and O–H groups in total. The first-order valence-corrected chi connectivity index (χ1v) is 5.48. The largest absolute Gasteiger partial charge is 0.495 e. The van der Waals surface area contributed by atoms with E-state index in [1.807, 2.05) is 0 Å². The second-order valence-electron chi connectivity index (χ2n) is 3.92. The van der Waals surface area contributed by atoms with Gasteiger partial charge in [-0.25, -0.2) is 0 Å². The molecule has 1 heterocycles. The third kappa shape index (κ3) is 1.75. The van der Waals surface area contributed by atoms with E-state index in [0.717, 1.165) is 0 Å². The van der Waals surface area contributed by atoms with Gasteiger partial charge in [-0.15, -0.1) is 0 Å². The zero-order valence-electron chi connectivity index (χ0n) is 10.5. The molecule has 1 amide bonds. The molecule has 0 spiro atoms. The van der Waals surface area contributed by atoms with Crippen molar-refractivity contribution in [3.63, 3.8) is 0 Å². The van der Waals surface area contributed by atoms with Crippen molar-refractivity contribution in [2.75, 3.05) is 14.2 Å². The number of ether oxygens (including phenoxy) is 1. The lowest BCUT2D eigenvalue weighted by molar-refractivity contribution is 0.0962. The van der Waals surface area contributed by atoms with Crippen LogP contribution in [0.2, 0.25) is 0 Å². The van der Waals surface area contributed by atoms with Crippen molar-refractivity contribution in [1.29, 1.82) is 0 Å². The second kappa shape index (κ2) is 4.56. The summed E-state index contributed by atoms with van der Waals surface area (Å²) >= 11 is 0. The van der Waals surface area contributed by atoms with Crippen molar-refractivity contribution in [2.45, 2.75) is 0 Å². The summed E-state index contributed by atoms with van der Waals surface area (Å²) in [6, 6.07) is 5.20. The predicted octanol–water partition coefficient (Wildman–Crippen LogP) is -0.234. The number of fused-ring (bicyclic) bond motifs is 1. The Hall–Kier alpha value is -2.24. The van der Waals surface area contributed by atoms with Crippen LogP contribution in [0, 0.1) is 0 Å². The molecule has 0 aliphatic heterocycles. The Morgan fingerprint density at radius 3 is 2.78 bits per heavy atom. The van der Waals surface area contributed by atoms with Gasteiger partial charge in [0.1, 0.15) is 11.3 Å². The number of rotatable bonds is 2. The van der Waals surface area contributed by atoms with Crippen LogP contribution < -0.4 is 15.5 Å². The lowest BCUT2D eigenvalue weighted by atomic mass is 10.1. The number of pyridine rings is 1. The quantitative estimate of drug-likeness (QED) is 0.742. The summed E-state index contributed by atoms with van der Waals surface area (Å²) in [6.07, 6.45) is 1.52. The number of nitrogens with one attached hydrogen (secondary N) is 1. The molecule has 0 aliphatic rings. The van der Waals surface area contributed by atoms with Crippen LogP contribution in [0.15, 0.2) is 29.2 Å². The molecule has 0 fully saturated rings. The molecule has 0 saturated heterocycles. The fourth-order valence-corrected chi connectivity index (χ4v) is 1.99. The van der Waals surface area contributed by atoms with Crippen molar-refractivity contribution < 1.29 is 9.53 Å². The number of aromatic nitrogens is 1. The van der Waals surface area contributed by atoms with Crippen molar-refractivity contribution >= 4 is 24.8 Å². The Morgan fingerprint density at radius 2 is 2.17 bits per heavy atom. The molecule has 0 saturated carbocycles. The van der Waals surface area contributed by atoms with Gasteiger partial charge >= 0.3 is 0 Å². The van der Waals surface area contributed by atoms with Crippen molar-refractivity contribution in [3.8, 4) is 5.75 Å². The summed E-state index contributed by atoms with van der Waals surface area (Å²) in [5, 5.41) is 2.93. The summed E-state index contributed by atoms with van der Waals surface area (Å²) in [4.78, 5) is 23.8. The average molecular weight is 244 g/mol. The first kappa shape index (κ1) is 12.2. The highest BCUT2D eigenvalue weighted by Gasteiger charge is 2.14. The number of carbonyl (C=O) groups is 1. The zero-order valence-corrected chi connectivity index (χ0v) is 10.5. The van der Waals surface area contributed by atoms with Crippen LogP contribution in [0.25, 0.3) is 10.9 Å². The minimum absolute atomic E-state index is 0.126. The van der Waals surface area contributed by atoms with Crippen molar-refractivity contribution in [1.82, 2.24) is 9.79 Å². The minimum Gasteiger partial charge on any atom is -0.495 e. The number of para-hydroxylation sites is 1. The maximum Gasteiger partial charge on any atom is 0.256 e. The molecular weight excluding hydrogens is 231 g/mol.